The van der Waals surface area contributed by atoms with E-state index >= 15 is 0 Å². The molecule has 8 nitrogen and oxygen atoms in total. The number of rotatable bonds is 3. The van der Waals surface area contributed by atoms with E-state index < -0.39 is 0 Å². The second-order valence-electron chi connectivity index (χ2n) is 7.15. The molecule has 0 radical (unpaired) electrons. The van der Waals surface area contributed by atoms with Gasteiger partial charge in [0, 0.05) is 32.1 Å². The first-order valence-corrected chi connectivity index (χ1v) is 9.30. The molecule has 0 spiro atoms. The quantitative estimate of drug-likeness (QED) is 0.713. The van der Waals surface area contributed by atoms with Gasteiger partial charge < -0.3 is 9.80 Å². The van der Waals surface area contributed by atoms with E-state index in [0.717, 1.165) is 67.8 Å². The van der Waals surface area contributed by atoms with E-state index in [1.807, 2.05) is 29.6 Å². The third-order valence-electron chi connectivity index (χ3n) is 5.42. The van der Waals surface area contributed by atoms with Gasteiger partial charge in [-0.05, 0) is 50.5 Å². The molecule has 0 atom stereocenters. The summed E-state index contributed by atoms with van der Waals surface area (Å²) in [6.45, 7) is 6.03. The first-order chi connectivity index (χ1) is 12.8. The first-order valence-electron chi connectivity index (χ1n) is 9.30. The summed E-state index contributed by atoms with van der Waals surface area (Å²) in [6, 6.07) is 8.14. The van der Waals surface area contributed by atoms with E-state index in [1.165, 1.54) is 6.42 Å². The number of nitrogens with zero attached hydrogens (tertiary/aromatic N) is 8. The predicted molar refractivity (Wildman–Crippen MR) is 98.6 cm³/mol. The molecule has 2 aliphatic rings. The zero-order valence-electron chi connectivity index (χ0n) is 14.9. The van der Waals surface area contributed by atoms with Crippen LogP contribution in [0.3, 0.4) is 0 Å². The van der Waals surface area contributed by atoms with Crippen molar-refractivity contribution in [2.75, 3.05) is 36.0 Å². The Balaban J connectivity index is 1.35. The van der Waals surface area contributed by atoms with Crippen LogP contribution in [0.1, 0.15) is 36.7 Å². The molecule has 2 fully saturated rings. The summed E-state index contributed by atoms with van der Waals surface area (Å²) in [5, 5.41) is 22.1. The SMILES string of the molecule is Cc1ccc(N2CCC(c3nnc4ccc(N5CCC5)nn34)CC2)nn1. The van der Waals surface area contributed by atoms with Crippen LogP contribution in [0.5, 0.6) is 0 Å². The predicted octanol–water partition coefficient (Wildman–Crippen LogP) is 1.82. The van der Waals surface area contributed by atoms with Gasteiger partial charge in [-0.25, -0.2) is 0 Å². The number of aromatic nitrogens is 6. The van der Waals surface area contributed by atoms with Crippen molar-refractivity contribution >= 4 is 17.3 Å². The zero-order chi connectivity index (χ0) is 17.5. The van der Waals surface area contributed by atoms with E-state index in [-0.39, 0.29) is 0 Å². The number of aryl methyl sites for hydroxylation is 1. The maximum absolute atomic E-state index is 4.80. The number of hydrogen-bond donors (Lipinski definition) is 0. The molecule has 3 aromatic rings. The van der Waals surface area contributed by atoms with Crippen LogP contribution in [0.25, 0.3) is 5.65 Å². The van der Waals surface area contributed by atoms with Crippen LogP contribution in [0.4, 0.5) is 11.6 Å². The van der Waals surface area contributed by atoms with Gasteiger partial charge in [0.1, 0.15) is 5.82 Å². The van der Waals surface area contributed by atoms with E-state index in [0.29, 0.717) is 5.92 Å². The van der Waals surface area contributed by atoms with Crippen LogP contribution in [-0.2, 0) is 0 Å². The molecule has 2 aliphatic heterocycles. The third kappa shape index (κ3) is 2.65. The maximum Gasteiger partial charge on any atom is 0.178 e. The van der Waals surface area contributed by atoms with E-state index in [1.54, 1.807) is 0 Å². The van der Waals surface area contributed by atoms with Crippen molar-refractivity contribution in [3.05, 3.63) is 35.8 Å². The lowest BCUT2D eigenvalue weighted by Gasteiger charge is -2.32. The van der Waals surface area contributed by atoms with Crippen molar-refractivity contribution in [1.29, 1.82) is 0 Å². The Bertz CT molecular complexity index is 907. The fourth-order valence-electron chi connectivity index (χ4n) is 3.69. The molecule has 0 aromatic carbocycles. The van der Waals surface area contributed by atoms with Gasteiger partial charge in [0.15, 0.2) is 17.3 Å². The Labute approximate surface area is 151 Å². The smallest absolute Gasteiger partial charge is 0.178 e. The molecule has 5 rings (SSSR count). The number of piperidine rings is 1. The summed E-state index contributed by atoms with van der Waals surface area (Å²) in [4.78, 5) is 4.59. The van der Waals surface area contributed by atoms with Crippen LogP contribution >= 0.6 is 0 Å². The van der Waals surface area contributed by atoms with Gasteiger partial charge in [-0.3, -0.25) is 0 Å². The topological polar surface area (TPSA) is 75.3 Å². The van der Waals surface area contributed by atoms with Crippen molar-refractivity contribution in [3.63, 3.8) is 0 Å². The Hall–Kier alpha value is -2.77. The molecular weight excluding hydrogens is 328 g/mol. The normalized spacial score (nSPS) is 18.3. The maximum atomic E-state index is 4.80. The summed E-state index contributed by atoms with van der Waals surface area (Å²) >= 11 is 0. The van der Waals surface area contributed by atoms with E-state index in [9.17, 15) is 0 Å². The Morgan fingerprint density at radius 2 is 1.58 bits per heavy atom. The van der Waals surface area contributed by atoms with E-state index in [2.05, 4.69) is 36.3 Å². The van der Waals surface area contributed by atoms with Crippen molar-refractivity contribution < 1.29 is 0 Å². The minimum absolute atomic E-state index is 0.374. The first kappa shape index (κ1) is 15.5. The van der Waals surface area contributed by atoms with Crippen LogP contribution in [0.2, 0.25) is 0 Å². The van der Waals surface area contributed by atoms with Crippen molar-refractivity contribution in [3.8, 4) is 0 Å². The highest BCUT2D eigenvalue weighted by atomic mass is 15.4. The van der Waals surface area contributed by atoms with Gasteiger partial charge >= 0.3 is 0 Å². The summed E-state index contributed by atoms with van der Waals surface area (Å²) in [6.07, 6.45) is 3.28. The molecular formula is C18H22N8. The summed E-state index contributed by atoms with van der Waals surface area (Å²) in [7, 11) is 0. The monoisotopic (exact) mass is 350 g/mol. The van der Waals surface area contributed by atoms with Crippen molar-refractivity contribution in [2.45, 2.75) is 32.1 Å². The lowest BCUT2D eigenvalue weighted by molar-refractivity contribution is 0.473. The molecule has 3 aromatic heterocycles. The molecule has 8 heteroatoms. The minimum Gasteiger partial charge on any atom is -0.355 e. The number of anilines is 2. The standard InChI is InChI=1S/C18H22N8/c1-13-3-4-15(20-19-13)25-11-7-14(8-12-25)18-22-21-16-5-6-17(23-26(16)18)24-9-2-10-24/h3-6,14H,2,7-12H2,1H3. The largest absolute Gasteiger partial charge is 0.355 e. The van der Waals surface area contributed by atoms with Crippen molar-refractivity contribution in [2.24, 2.45) is 0 Å². The molecule has 5 heterocycles. The van der Waals surface area contributed by atoms with E-state index in [4.69, 9.17) is 5.10 Å². The summed E-state index contributed by atoms with van der Waals surface area (Å²) in [5.74, 6) is 3.34. The number of fused-ring (bicyclic) bond motifs is 1. The van der Waals surface area contributed by atoms with Crippen molar-refractivity contribution in [1.82, 2.24) is 30.0 Å². The van der Waals surface area contributed by atoms with Crippen LogP contribution in [0.15, 0.2) is 24.3 Å². The average molecular weight is 350 g/mol. The molecule has 26 heavy (non-hydrogen) atoms. The molecule has 0 amide bonds. The fraction of sp³-hybridized carbons (Fsp3) is 0.500. The lowest BCUT2D eigenvalue weighted by atomic mass is 9.96. The van der Waals surface area contributed by atoms with Crippen LogP contribution in [-0.4, -0.2) is 56.2 Å². The lowest BCUT2D eigenvalue weighted by Crippen LogP contribution is -2.38. The molecule has 0 N–H and O–H groups in total. The second-order valence-corrected chi connectivity index (χ2v) is 7.15. The van der Waals surface area contributed by atoms with Gasteiger partial charge in [-0.15, -0.1) is 20.4 Å². The summed E-state index contributed by atoms with van der Waals surface area (Å²) in [5.41, 5.74) is 1.78. The third-order valence-corrected chi connectivity index (χ3v) is 5.42. The molecule has 0 unspecified atom stereocenters. The highest BCUT2D eigenvalue weighted by Gasteiger charge is 2.26. The van der Waals surface area contributed by atoms with Crippen LogP contribution in [0, 0.1) is 6.92 Å². The molecule has 0 saturated carbocycles. The average Bonchev–Trinajstić information content (AvgIpc) is 3.04. The highest BCUT2D eigenvalue weighted by Crippen LogP contribution is 2.29. The number of hydrogen-bond acceptors (Lipinski definition) is 7. The Morgan fingerprint density at radius 1 is 0.808 bits per heavy atom. The Kier molecular flexibility index (Phi) is 3.69. The Morgan fingerprint density at radius 3 is 2.27 bits per heavy atom. The van der Waals surface area contributed by atoms with Gasteiger partial charge in [-0.2, -0.15) is 9.61 Å². The van der Waals surface area contributed by atoms with Gasteiger partial charge in [0.05, 0.1) is 5.69 Å². The molecule has 0 bridgehead atoms. The van der Waals surface area contributed by atoms with Gasteiger partial charge in [0.2, 0.25) is 0 Å². The zero-order valence-corrected chi connectivity index (χ0v) is 14.9. The molecule has 134 valence electrons. The molecule has 0 aliphatic carbocycles. The second kappa shape index (κ2) is 6.19. The van der Waals surface area contributed by atoms with Gasteiger partial charge in [-0.1, -0.05) is 0 Å². The van der Waals surface area contributed by atoms with Crippen LogP contribution < -0.4 is 9.80 Å². The molecule has 2 saturated heterocycles. The fourth-order valence-corrected chi connectivity index (χ4v) is 3.69. The minimum atomic E-state index is 0.374. The summed E-state index contributed by atoms with van der Waals surface area (Å²) < 4.78 is 1.94. The highest BCUT2D eigenvalue weighted by molar-refractivity contribution is 5.47. The van der Waals surface area contributed by atoms with Gasteiger partial charge in [0.25, 0.3) is 0 Å².